The first kappa shape index (κ1) is 28.8. The number of morpholine rings is 1. The van der Waals surface area contributed by atoms with Gasteiger partial charge in [0.2, 0.25) is 0 Å². The number of aliphatic hydroxyl groups excluding tert-OH is 1. The summed E-state index contributed by atoms with van der Waals surface area (Å²) in [6.45, 7) is 7.64. The Morgan fingerprint density at radius 1 is 0.951 bits per heavy atom. The lowest BCUT2D eigenvalue weighted by molar-refractivity contribution is -0.140. The molecule has 0 saturated carbocycles. The summed E-state index contributed by atoms with van der Waals surface area (Å²) < 4.78 is 28.3. The normalized spacial score (nSPS) is 20.3. The van der Waals surface area contributed by atoms with Crippen LogP contribution in [-0.2, 0) is 14.3 Å². The average Bonchev–Trinajstić information content (AvgIpc) is 3.26. The monoisotopic (exact) mass is 566 g/mol. The molecule has 10 heteroatoms. The predicted molar refractivity (Wildman–Crippen MR) is 152 cm³/mol. The van der Waals surface area contributed by atoms with Crippen LogP contribution in [0.3, 0.4) is 0 Å². The smallest absolute Gasteiger partial charge is 0.295 e. The van der Waals surface area contributed by atoms with Gasteiger partial charge in [0.25, 0.3) is 11.7 Å². The van der Waals surface area contributed by atoms with Gasteiger partial charge in [-0.25, -0.2) is 0 Å². The van der Waals surface area contributed by atoms with Crippen LogP contribution in [-0.4, -0.2) is 92.9 Å². The number of Topliss-reactive ketones (excluding diaryl/α,β-unsaturated/α-hetero) is 1. The highest BCUT2D eigenvalue weighted by Gasteiger charge is 2.46. The van der Waals surface area contributed by atoms with Crippen molar-refractivity contribution in [3.05, 3.63) is 53.1 Å². The minimum absolute atomic E-state index is 0.0276. The second-order valence-corrected chi connectivity index (χ2v) is 10.3. The van der Waals surface area contributed by atoms with Crippen molar-refractivity contribution in [2.45, 2.75) is 32.2 Å². The van der Waals surface area contributed by atoms with Crippen LogP contribution in [0.1, 0.15) is 43.4 Å². The van der Waals surface area contributed by atoms with Crippen molar-refractivity contribution in [3.63, 3.8) is 0 Å². The van der Waals surface area contributed by atoms with Gasteiger partial charge in [-0.2, -0.15) is 0 Å². The zero-order valence-corrected chi connectivity index (χ0v) is 23.7. The molecule has 2 saturated heterocycles. The van der Waals surface area contributed by atoms with Crippen molar-refractivity contribution in [1.29, 1.82) is 0 Å². The number of rotatable bonds is 11. The van der Waals surface area contributed by atoms with Crippen molar-refractivity contribution in [1.82, 2.24) is 9.80 Å². The van der Waals surface area contributed by atoms with E-state index in [1.54, 1.807) is 42.3 Å². The number of amides is 1. The molecule has 0 unspecified atom stereocenters. The maximum atomic E-state index is 13.5. The number of benzene rings is 2. The van der Waals surface area contributed by atoms with Gasteiger partial charge in [-0.05, 0) is 48.7 Å². The minimum Gasteiger partial charge on any atom is -0.507 e. The van der Waals surface area contributed by atoms with E-state index in [2.05, 4.69) is 11.8 Å². The van der Waals surface area contributed by atoms with Crippen molar-refractivity contribution in [2.75, 3.05) is 66.3 Å². The van der Waals surface area contributed by atoms with Crippen LogP contribution in [0.4, 0.5) is 0 Å². The van der Waals surface area contributed by atoms with E-state index >= 15 is 0 Å². The van der Waals surface area contributed by atoms with E-state index < -0.39 is 17.7 Å². The fourth-order valence-electron chi connectivity index (χ4n) is 5.39. The number of ketones is 1. The molecule has 1 atom stereocenters. The molecule has 0 aliphatic carbocycles. The molecule has 10 nitrogen and oxygen atoms in total. The van der Waals surface area contributed by atoms with Crippen LogP contribution < -0.4 is 18.9 Å². The first-order valence-electron chi connectivity index (χ1n) is 14.3. The van der Waals surface area contributed by atoms with E-state index in [0.717, 1.165) is 32.5 Å². The number of nitrogens with zero attached hydrogens (tertiary/aromatic N) is 2. The fraction of sp³-hybridized carbons (Fsp3) is 0.484. The van der Waals surface area contributed by atoms with E-state index in [9.17, 15) is 14.7 Å². The molecule has 2 fully saturated rings. The highest BCUT2D eigenvalue weighted by atomic mass is 16.6. The first-order chi connectivity index (χ1) is 20.0. The third-order valence-corrected chi connectivity index (χ3v) is 7.59. The third-order valence-electron chi connectivity index (χ3n) is 7.59. The highest BCUT2D eigenvalue weighted by Crippen LogP contribution is 2.43. The largest absolute Gasteiger partial charge is 0.507 e. The molecule has 3 heterocycles. The second kappa shape index (κ2) is 13.3. The molecule has 3 aliphatic heterocycles. The SMILES string of the molecule is CCCCOc1ccc([C@H]2C(=C(O)c3ccc4c(c3)OCCO4)C(=O)C(=O)N2CCCN2CCOCC2)cc1OC. The van der Waals surface area contributed by atoms with Crippen LogP contribution in [0.5, 0.6) is 23.0 Å². The molecule has 5 rings (SSSR count). The maximum Gasteiger partial charge on any atom is 0.295 e. The molecule has 0 aromatic heterocycles. The molecule has 0 bridgehead atoms. The van der Waals surface area contributed by atoms with E-state index in [1.165, 1.54) is 0 Å². The molecule has 2 aromatic carbocycles. The Hall–Kier alpha value is -3.76. The van der Waals surface area contributed by atoms with Gasteiger partial charge in [0, 0.05) is 31.7 Å². The number of unbranched alkanes of at least 4 members (excludes halogenated alkanes) is 1. The standard InChI is InChI=1S/C31H38N2O8/c1-3-4-14-39-23-8-6-21(19-25(23)37-2)28-27(29(34)22-7-9-24-26(20-22)41-18-17-40-24)30(35)31(36)33(28)11-5-10-32-12-15-38-16-13-32/h6-9,19-20,28,34H,3-5,10-18H2,1-2H3/t28-/m0/s1. The van der Waals surface area contributed by atoms with Crippen LogP contribution >= 0.6 is 0 Å². The maximum absolute atomic E-state index is 13.5. The van der Waals surface area contributed by atoms with Crippen molar-refractivity contribution in [3.8, 4) is 23.0 Å². The molecule has 1 N–H and O–H groups in total. The molecular formula is C31H38N2O8. The number of ether oxygens (including phenoxy) is 5. The predicted octanol–water partition coefficient (Wildman–Crippen LogP) is 3.79. The Bertz CT molecular complexity index is 1290. The molecular weight excluding hydrogens is 528 g/mol. The molecule has 0 spiro atoms. The van der Waals surface area contributed by atoms with Gasteiger partial charge in [0.05, 0.1) is 38.5 Å². The van der Waals surface area contributed by atoms with Gasteiger partial charge in [0.15, 0.2) is 23.0 Å². The van der Waals surface area contributed by atoms with Crippen molar-refractivity contribution in [2.24, 2.45) is 0 Å². The van der Waals surface area contributed by atoms with Gasteiger partial charge >= 0.3 is 0 Å². The molecule has 0 radical (unpaired) electrons. The van der Waals surface area contributed by atoms with Gasteiger partial charge in [-0.1, -0.05) is 19.4 Å². The summed E-state index contributed by atoms with van der Waals surface area (Å²) in [6.07, 6.45) is 2.58. The molecule has 3 aliphatic rings. The van der Waals surface area contributed by atoms with Crippen molar-refractivity contribution >= 4 is 17.4 Å². The summed E-state index contributed by atoms with van der Waals surface area (Å²) in [4.78, 5) is 30.8. The highest BCUT2D eigenvalue weighted by molar-refractivity contribution is 6.46. The number of fused-ring (bicyclic) bond motifs is 1. The summed E-state index contributed by atoms with van der Waals surface area (Å²) in [5, 5.41) is 11.5. The first-order valence-corrected chi connectivity index (χ1v) is 14.3. The van der Waals surface area contributed by atoms with Gasteiger partial charge < -0.3 is 33.7 Å². The Balaban J connectivity index is 1.50. The summed E-state index contributed by atoms with van der Waals surface area (Å²) >= 11 is 0. The quantitative estimate of drug-likeness (QED) is 0.188. The summed E-state index contributed by atoms with van der Waals surface area (Å²) in [5.41, 5.74) is 1.05. The van der Waals surface area contributed by atoms with E-state index in [0.29, 0.717) is 80.1 Å². The van der Waals surface area contributed by atoms with Crippen LogP contribution in [0.2, 0.25) is 0 Å². The lowest BCUT2D eigenvalue weighted by Gasteiger charge is -2.29. The Labute approximate surface area is 240 Å². The lowest BCUT2D eigenvalue weighted by Crippen LogP contribution is -2.39. The number of hydrogen-bond acceptors (Lipinski definition) is 9. The number of carbonyl (C=O) groups is 2. The number of aliphatic hydroxyl groups is 1. The van der Waals surface area contributed by atoms with Gasteiger partial charge in [-0.15, -0.1) is 0 Å². The number of methoxy groups -OCH3 is 1. The van der Waals surface area contributed by atoms with Crippen LogP contribution in [0, 0.1) is 0 Å². The molecule has 220 valence electrons. The van der Waals surface area contributed by atoms with Crippen LogP contribution in [0.15, 0.2) is 42.0 Å². The molecule has 1 amide bonds. The zero-order valence-electron chi connectivity index (χ0n) is 23.7. The summed E-state index contributed by atoms with van der Waals surface area (Å²) in [6, 6.07) is 9.60. The Morgan fingerprint density at radius 2 is 1.73 bits per heavy atom. The number of carbonyl (C=O) groups excluding carboxylic acids is 2. The number of likely N-dealkylation sites (tertiary alicyclic amines) is 1. The van der Waals surface area contributed by atoms with Gasteiger partial charge in [-0.3, -0.25) is 14.5 Å². The van der Waals surface area contributed by atoms with E-state index in [-0.39, 0.29) is 11.3 Å². The molecule has 2 aromatic rings. The summed E-state index contributed by atoms with van der Waals surface area (Å²) in [7, 11) is 1.56. The van der Waals surface area contributed by atoms with Crippen LogP contribution in [0.25, 0.3) is 5.76 Å². The van der Waals surface area contributed by atoms with Crippen molar-refractivity contribution < 1.29 is 38.4 Å². The number of hydrogen-bond donors (Lipinski definition) is 1. The lowest BCUT2D eigenvalue weighted by atomic mass is 9.94. The second-order valence-electron chi connectivity index (χ2n) is 10.3. The average molecular weight is 567 g/mol. The molecule has 41 heavy (non-hydrogen) atoms. The van der Waals surface area contributed by atoms with Gasteiger partial charge in [0.1, 0.15) is 19.0 Å². The fourth-order valence-corrected chi connectivity index (χ4v) is 5.39. The Morgan fingerprint density at radius 3 is 2.49 bits per heavy atom. The minimum atomic E-state index is -0.800. The summed E-state index contributed by atoms with van der Waals surface area (Å²) in [5.74, 6) is 0.498. The topological polar surface area (TPSA) is 107 Å². The van der Waals surface area contributed by atoms with E-state index in [4.69, 9.17) is 23.7 Å². The Kier molecular flexibility index (Phi) is 9.31. The van der Waals surface area contributed by atoms with E-state index in [1.807, 2.05) is 6.07 Å². The zero-order chi connectivity index (χ0) is 28.8. The third kappa shape index (κ3) is 6.28.